The fourth-order valence-corrected chi connectivity index (χ4v) is 2.66. The van der Waals surface area contributed by atoms with Crippen molar-refractivity contribution < 1.29 is 14.6 Å². The van der Waals surface area contributed by atoms with Gasteiger partial charge in [-0.3, -0.25) is 9.78 Å². The van der Waals surface area contributed by atoms with E-state index in [1.54, 1.807) is 30.5 Å². The Kier molecular flexibility index (Phi) is 6.59. The molecule has 0 aliphatic carbocycles. The maximum Gasteiger partial charge on any atom is 0.246 e. The summed E-state index contributed by atoms with van der Waals surface area (Å²) in [6.07, 6.45) is 4.40. The van der Waals surface area contributed by atoms with Gasteiger partial charge in [0.25, 0.3) is 0 Å². The highest BCUT2D eigenvalue weighted by atomic mass is 16.5. The zero-order valence-electron chi connectivity index (χ0n) is 16.3. The average Bonchev–Trinajstić information content (AvgIpc) is 2.76. The van der Waals surface area contributed by atoms with E-state index in [0.717, 1.165) is 17.5 Å². The Labute approximate surface area is 170 Å². The van der Waals surface area contributed by atoms with Crippen LogP contribution in [-0.2, 0) is 11.2 Å². The number of aliphatic hydroxyl groups is 1. The second kappa shape index (κ2) is 9.32. The predicted molar refractivity (Wildman–Crippen MR) is 114 cm³/mol. The fourth-order valence-electron chi connectivity index (χ4n) is 2.66. The van der Waals surface area contributed by atoms with E-state index in [-0.39, 0.29) is 0 Å². The molecule has 1 heterocycles. The summed E-state index contributed by atoms with van der Waals surface area (Å²) >= 11 is 0. The standard InChI is InChI=1S/C23H25N3O3/c1-23(24,16-27)22(28)26-20-8-10-21(11-9-20)29-14-12-17-4-6-18(7-5-17)19-3-2-13-25-15-19/h2-11,13,15,27H,12,14,16,24H2,1H3,(H,26,28)/t23-/m0/s1. The van der Waals surface area contributed by atoms with Crippen LogP contribution in [0.3, 0.4) is 0 Å². The molecule has 3 rings (SSSR count). The Morgan fingerprint density at radius 1 is 1.10 bits per heavy atom. The number of aliphatic hydroxyl groups excluding tert-OH is 1. The highest BCUT2D eigenvalue weighted by Gasteiger charge is 2.27. The SMILES string of the molecule is C[C@](N)(CO)C(=O)Nc1ccc(OCCc2ccc(-c3cccnc3)cc2)cc1. The number of rotatable bonds is 8. The maximum absolute atomic E-state index is 12.0. The number of benzene rings is 2. The van der Waals surface area contributed by atoms with Gasteiger partial charge in [-0.15, -0.1) is 0 Å². The first-order valence-corrected chi connectivity index (χ1v) is 9.41. The van der Waals surface area contributed by atoms with Crippen LogP contribution in [-0.4, -0.2) is 34.8 Å². The van der Waals surface area contributed by atoms with Crippen molar-refractivity contribution in [3.63, 3.8) is 0 Å². The van der Waals surface area contributed by atoms with Gasteiger partial charge in [0.2, 0.25) is 5.91 Å². The van der Waals surface area contributed by atoms with Crippen molar-refractivity contribution in [2.24, 2.45) is 5.73 Å². The number of hydrogen-bond donors (Lipinski definition) is 3. The van der Waals surface area contributed by atoms with Crippen LogP contribution >= 0.6 is 0 Å². The van der Waals surface area contributed by atoms with E-state index in [1.807, 2.05) is 18.3 Å². The molecule has 2 aromatic carbocycles. The molecule has 6 heteroatoms. The molecule has 3 aromatic rings. The zero-order chi connectivity index (χ0) is 20.7. The van der Waals surface area contributed by atoms with Crippen molar-refractivity contribution >= 4 is 11.6 Å². The summed E-state index contributed by atoms with van der Waals surface area (Å²) in [5.74, 6) is 0.274. The summed E-state index contributed by atoms with van der Waals surface area (Å²) in [6.45, 7) is 1.59. The van der Waals surface area contributed by atoms with Gasteiger partial charge in [-0.05, 0) is 53.9 Å². The topological polar surface area (TPSA) is 97.5 Å². The molecule has 0 fully saturated rings. The lowest BCUT2D eigenvalue weighted by Crippen LogP contribution is -2.51. The number of aromatic nitrogens is 1. The lowest BCUT2D eigenvalue weighted by Gasteiger charge is -2.20. The van der Waals surface area contributed by atoms with Crippen molar-refractivity contribution in [3.8, 4) is 16.9 Å². The van der Waals surface area contributed by atoms with Gasteiger partial charge in [0.15, 0.2) is 0 Å². The van der Waals surface area contributed by atoms with E-state index in [0.29, 0.717) is 18.0 Å². The van der Waals surface area contributed by atoms with Crippen molar-refractivity contribution in [1.29, 1.82) is 0 Å². The van der Waals surface area contributed by atoms with E-state index in [9.17, 15) is 4.79 Å². The Hall–Kier alpha value is -3.22. The summed E-state index contributed by atoms with van der Waals surface area (Å²) in [6, 6.07) is 19.4. The van der Waals surface area contributed by atoms with Gasteiger partial charge in [0.1, 0.15) is 11.3 Å². The van der Waals surface area contributed by atoms with E-state index >= 15 is 0 Å². The van der Waals surface area contributed by atoms with Crippen LogP contribution in [0.5, 0.6) is 5.75 Å². The van der Waals surface area contributed by atoms with Gasteiger partial charge < -0.3 is 20.9 Å². The molecule has 29 heavy (non-hydrogen) atoms. The van der Waals surface area contributed by atoms with Crippen molar-refractivity contribution in [3.05, 3.63) is 78.6 Å². The first-order chi connectivity index (χ1) is 14.0. The quantitative estimate of drug-likeness (QED) is 0.548. The van der Waals surface area contributed by atoms with E-state index < -0.39 is 18.1 Å². The molecule has 1 amide bonds. The molecule has 150 valence electrons. The zero-order valence-corrected chi connectivity index (χ0v) is 16.3. The van der Waals surface area contributed by atoms with Crippen molar-refractivity contribution in [1.82, 2.24) is 4.98 Å². The lowest BCUT2D eigenvalue weighted by atomic mass is 10.0. The van der Waals surface area contributed by atoms with Crippen LogP contribution in [0.1, 0.15) is 12.5 Å². The summed E-state index contributed by atoms with van der Waals surface area (Å²) in [7, 11) is 0. The molecular weight excluding hydrogens is 366 g/mol. The summed E-state index contributed by atoms with van der Waals surface area (Å²) < 4.78 is 5.79. The molecule has 0 spiro atoms. The number of nitrogens with one attached hydrogen (secondary N) is 1. The average molecular weight is 391 g/mol. The van der Waals surface area contributed by atoms with Gasteiger partial charge in [0.05, 0.1) is 13.2 Å². The number of carbonyl (C=O) groups excluding carboxylic acids is 1. The van der Waals surface area contributed by atoms with E-state index in [4.69, 9.17) is 15.6 Å². The predicted octanol–water partition coefficient (Wildman–Crippen LogP) is 3.02. The number of amides is 1. The van der Waals surface area contributed by atoms with Crippen LogP contribution in [0, 0.1) is 0 Å². The molecule has 0 saturated heterocycles. The smallest absolute Gasteiger partial charge is 0.246 e. The normalized spacial score (nSPS) is 12.8. The Morgan fingerprint density at radius 3 is 2.45 bits per heavy atom. The largest absolute Gasteiger partial charge is 0.493 e. The Bertz CT molecular complexity index is 924. The third kappa shape index (κ3) is 5.63. The molecule has 0 aliphatic rings. The molecule has 0 bridgehead atoms. The number of pyridine rings is 1. The number of nitrogens with two attached hydrogens (primary N) is 1. The van der Waals surface area contributed by atoms with Crippen molar-refractivity contribution in [2.45, 2.75) is 18.9 Å². The number of carbonyl (C=O) groups is 1. The van der Waals surface area contributed by atoms with Gasteiger partial charge in [-0.1, -0.05) is 30.3 Å². The van der Waals surface area contributed by atoms with Gasteiger partial charge >= 0.3 is 0 Å². The number of ether oxygens (including phenoxy) is 1. The third-order valence-electron chi connectivity index (χ3n) is 4.57. The summed E-state index contributed by atoms with van der Waals surface area (Å²) in [5.41, 5.74) is 8.40. The first kappa shape index (κ1) is 20.5. The van der Waals surface area contributed by atoms with Crippen LogP contribution in [0.25, 0.3) is 11.1 Å². The van der Waals surface area contributed by atoms with Gasteiger partial charge in [-0.25, -0.2) is 0 Å². The number of anilines is 1. The molecule has 0 radical (unpaired) electrons. The third-order valence-corrected chi connectivity index (χ3v) is 4.57. The van der Waals surface area contributed by atoms with E-state index in [1.165, 1.54) is 12.5 Å². The van der Waals surface area contributed by atoms with Crippen LogP contribution in [0.15, 0.2) is 73.1 Å². The highest BCUT2D eigenvalue weighted by Crippen LogP contribution is 2.20. The number of hydrogen-bond acceptors (Lipinski definition) is 5. The molecule has 0 saturated carbocycles. The van der Waals surface area contributed by atoms with E-state index in [2.05, 4.69) is 34.6 Å². The molecule has 1 aromatic heterocycles. The Balaban J connectivity index is 1.49. The maximum atomic E-state index is 12.0. The van der Waals surface area contributed by atoms with Crippen LogP contribution in [0.2, 0.25) is 0 Å². The summed E-state index contributed by atoms with van der Waals surface area (Å²) in [5, 5.41) is 11.8. The fraction of sp³-hybridized carbons (Fsp3) is 0.217. The molecule has 6 nitrogen and oxygen atoms in total. The lowest BCUT2D eigenvalue weighted by molar-refractivity contribution is -0.121. The molecule has 1 atom stereocenters. The minimum Gasteiger partial charge on any atom is -0.493 e. The Morgan fingerprint density at radius 2 is 1.83 bits per heavy atom. The monoisotopic (exact) mass is 391 g/mol. The molecule has 0 aliphatic heterocycles. The number of nitrogens with zero attached hydrogens (tertiary/aromatic N) is 1. The van der Waals surface area contributed by atoms with Gasteiger partial charge in [-0.2, -0.15) is 0 Å². The van der Waals surface area contributed by atoms with Crippen LogP contribution < -0.4 is 15.8 Å². The molecular formula is C23H25N3O3. The van der Waals surface area contributed by atoms with Crippen molar-refractivity contribution in [2.75, 3.05) is 18.5 Å². The minimum atomic E-state index is -1.32. The second-order valence-corrected chi connectivity index (χ2v) is 7.09. The highest BCUT2D eigenvalue weighted by molar-refractivity contribution is 5.97. The van der Waals surface area contributed by atoms with Crippen LogP contribution in [0.4, 0.5) is 5.69 Å². The first-order valence-electron chi connectivity index (χ1n) is 9.41. The molecule has 4 N–H and O–H groups in total. The second-order valence-electron chi connectivity index (χ2n) is 7.09. The minimum absolute atomic E-state index is 0.427. The summed E-state index contributed by atoms with van der Waals surface area (Å²) in [4.78, 5) is 16.1. The van der Waals surface area contributed by atoms with Gasteiger partial charge in [0, 0.05) is 24.5 Å². The molecule has 0 unspecified atom stereocenters.